The molecule has 2 aromatic carbocycles. The topological polar surface area (TPSA) is 27.1 Å². The number of hydrogen-bond donors (Lipinski definition) is 0. The summed E-state index contributed by atoms with van der Waals surface area (Å²) in [5.41, 5.74) is 5.04. The molecule has 0 bridgehead atoms. The van der Waals surface area contributed by atoms with Crippen LogP contribution in [0.1, 0.15) is 23.4 Å². The molecule has 0 amide bonds. The number of imidazole rings is 1. The maximum atomic E-state index is 5.41. The molecule has 0 atom stereocenters. The molecule has 1 aliphatic rings. The Kier molecular flexibility index (Phi) is 2.92. The van der Waals surface area contributed by atoms with Crippen molar-refractivity contribution < 1.29 is 4.74 Å². The SMILES string of the molecule is COc1cc2c3c(c1)nc(Cc1ccccc1)n3CCC2. The van der Waals surface area contributed by atoms with E-state index in [-0.39, 0.29) is 0 Å². The minimum atomic E-state index is 0.886. The molecule has 0 saturated heterocycles. The van der Waals surface area contributed by atoms with Gasteiger partial charge >= 0.3 is 0 Å². The van der Waals surface area contributed by atoms with Gasteiger partial charge in [0.05, 0.1) is 18.1 Å². The first-order chi connectivity index (χ1) is 10.3. The van der Waals surface area contributed by atoms with E-state index in [4.69, 9.17) is 9.72 Å². The number of methoxy groups -OCH3 is 1. The smallest absolute Gasteiger partial charge is 0.121 e. The molecule has 0 spiro atoms. The summed E-state index contributed by atoms with van der Waals surface area (Å²) in [5, 5.41) is 0. The average Bonchev–Trinajstić information content (AvgIpc) is 2.88. The summed E-state index contributed by atoms with van der Waals surface area (Å²) in [6.07, 6.45) is 3.18. The second kappa shape index (κ2) is 4.92. The van der Waals surface area contributed by atoms with Gasteiger partial charge in [-0.2, -0.15) is 0 Å². The zero-order chi connectivity index (χ0) is 14.2. The molecule has 0 radical (unpaired) electrons. The van der Waals surface area contributed by atoms with E-state index < -0.39 is 0 Å². The van der Waals surface area contributed by atoms with Crippen LogP contribution in [-0.4, -0.2) is 16.7 Å². The summed E-state index contributed by atoms with van der Waals surface area (Å²) in [5.74, 6) is 2.07. The highest BCUT2D eigenvalue weighted by molar-refractivity contribution is 5.82. The highest BCUT2D eigenvalue weighted by Crippen LogP contribution is 2.31. The van der Waals surface area contributed by atoms with Gasteiger partial charge in [-0.15, -0.1) is 0 Å². The lowest BCUT2D eigenvalue weighted by molar-refractivity contribution is 0.414. The number of aryl methyl sites for hydroxylation is 2. The van der Waals surface area contributed by atoms with Crippen molar-refractivity contribution >= 4 is 11.0 Å². The van der Waals surface area contributed by atoms with E-state index in [9.17, 15) is 0 Å². The van der Waals surface area contributed by atoms with Gasteiger partial charge in [-0.1, -0.05) is 30.3 Å². The summed E-state index contributed by atoms with van der Waals surface area (Å²) in [7, 11) is 1.72. The number of ether oxygens (including phenoxy) is 1. The first-order valence-electron chi connectivity index (χ1n) is 7.45. The second-order valence-electron chi connectivity index (χ2n) is 5.60. The minimum absolute atomic E-state index is 0.886. The second-order valence-corrected chi connectivity index (χ2v) is 5.60. The quantitative estimate of drug-likeness (QED) is 0.732. The van der Waals surface area contributed by atoms with Gasteiger partial charge in [-0.25, -0.2) is 4.98 Å². The molecule has 3 heteroatoms. The molecule has 0 fully saturated rings. The van der Waals surface area contributed by atoms with Crippen LogP contribution >= 0.6 is 0 Å². The molecule has 106 valence electrons. The molecule has 4 rings (SSSR count). The van der Waals surface area contributed by atoms with Crippen molar-refractivity contribution in [3.05, 3.63) is 59.4 Å². The van der Waals surface area contributed by atoms with Gasteiger partial charge < -0.3 is 9.30 Å². The van der Waals surface area contributed by atoms with Crippen LogP contribution in [-0.2, 0) is 19.4 Å². The van der Waals surface area contributed by atoms with Crippen molar-refractivity contribution in [1.82, 2.24) is 9.55 Å². The first kappa shape index (κ1) is 12.5. The van der Waals surface area contributed by atoms with E-state index in [2.05, 4.69) is 47.0 Å². The molecule has 0 unspecified atom stereocenters. The van der Waals surface area contributed by atoms with Crippen molar-refractivity contribution in [3.63, 3.8) is 0 Å². The lowest BCUT2D eigenvalue weighted by atomic mass is 10.0. The Morgan fingerprint density at radius 1 is 1.19 bits per heavy atom. The lowest BCUT2D eigenvalue weighted by Gasteiger charge is -2.17. The molecule has 3 aromatic rings. The van der Waals surface area contributed by atoms with Crippen molar-refractivity contribution in [2.45, 2.75) is 25.8 Å². The molecule has 1 aliphatic heterocycles. The minimum Gasteiger partial charge on any atom is -0.497 e. The molecule has 0 N–H and O–H groups in total. The van der Waals surface area contributed by atoms with Crippen molar-refractivity contribution in [2.24, 2.45) is 0 Å². The number of rotatable bonds is 3. The molecule has 1 aromatic heterocycles. The van der Waals surface area contributed by atoms with Gasteiger partial charge in [-0.05, 0) is 30.0 Å². The van der Waals surface area contributed by atoms with Crippen LogP contribution in [0.2, 0.25) is 0 Å². The number of hydrogen-bond acceptors (Lipinski definition) is 2. The van der Waals surface area contributed by atoms with Gasteiger partial charge in [0.15, 0.2) is 0 Å². The fourth-order valence-electron chi connectivity index (χ4n) is 3.26. The van der Waals surface area contributed by atoms with Crippen LogP contribution in [0.3, 0.4) is 0 Å². The Hall–Kier alpha value is -2.29. The lowest BCUT2D eigenvalue weighted by Crippen LogP contribution is -2.11. The van der Waals surface area contributed by atoms with Crippen LogP contribution in [0.5, 0.6) is 5.75 Å². The largest absolute Gasteiger partial charge is 0.497 e. The van der Waals surface area contributed by atoms with Gasteiger partial charge in [0, 0.05) is 19.0 Å². The molecule has 3 nitrogen and oxygen atoms in total. The zero-order valence-corrected chi connectivity index (χ0v) is 12.2. The molecule has 2 heterocycles. The summed E-state index contributed by atoms with van der Waals surface area (Å²) >= 11 is 0. The van der Waals surface area contributed by atoms with Crippen LogP contribution in [0.4, 0.5) is 0 Å². The number of aromatic nitrogens is 2. The zero-order valence-electron chi connectivity index (χ0n) is 12.2. The molecule has 0 aliphatic carbocycles. The van der Waals surface area contributed by atoms with Crippen LogP contribution in [0.15, 0.2) is 42.5 Å². The average molecular weight is 278 g/mol. The van der Waals surface area contributed by atoms with Crippen LogP contribution in [0, 0.1) is 0 Å². The van der Waals surface area contributed by atoms with Crippen molar-refractivity contribution in [3.8, 4) is 5.75 Å². The van der Waals surface area contributed by atoms with Crippen molar-refractivity contribution in [1.29, 1.82) is 0 Å². The van der Waals surface area contributed by atoms with Gasteiger partial charge in [-0.3, -0.25) is 0 Å². The Morgan fingerprint density at radius 2 is 2.05 bits per heavy atom. The predicted molar refractivity (Wildman–Crippen MR) is 83.9 cm³/mol. The molecule has 0 saturated carbocycles. The fraction of sp³-hybridized carbons (Fsp3) is 0.278. The van der Waals surface area contributed by atoms with E-state index in [1.807, 2.05) is 0 Å². The van der Waals surface area contributed by atoms with E-state index in [0.29, 0.717) is 0 Å². The summed E-state index contributed by atoms with van der Waals surface area (Å²) < 4.78 is 7.80. The third kappa shape index (κ3) is 2.09. The summed E-state index contributed by atoms with van der Waals surface area (Å²) in [6, 6.07) is 14.8. The maximum Gasteiger partial charge on any atom is 0.121 e. The normalized spacial score (nSPS) is 13.6. The van der Waals surface area contributed by atoms with E-state index in [1.54, 1.807) is 7.11 Å². The molecular formula is C18H18N2O. The first-order valence-corrected chi connectivity index (χ1v) is 7.45. The number of nitrogens with zero attached hydrogens (tertiary/aromatic N) is 2. The standard InChI is InChI=1S/C18H18N2O/c1-21-15-11-14-8-5-9-20-17(19-16(12-15)18(14)20)10-13-6-3-2-4-7-13/h2-4,6-7,11-12H,5,8-10H2,1H3. The summed E-state index contributed by atoms with van der Waals surface area (Å²) in [6.45, 7) is 1.07. The van der Waals surface area contributed by atoms with Gasteiger partial charge in [0.1, 0.15) is 11.6 Å². The van der Waals surface area contributed by atoms with E-state index in [1.165, 1.54) is 23.1 Å². The molecular weight excluding hydrogens is 260 g/mol. The Morgan fingerprint density at radius 3 is 2.86 bits per heavy atom. The van der Waals surface area contributed by atoms with E-state index in [0.717, 1.165) is 36.5 Å². The number of benzene rings is 2. The highest BCUT2D eigenvalue weighted by atomic mass is 16.5. The van der Waals surface area contributed by atoms with Gasteiger partial charge in [0.25, 0.3) is 0 Å². The Bertz CT molecular complexity index is 790. The predicted octanol–water partition coefficient (Wildman–Crippen LogP) is 3.58. The third-order valence-corrected chi connectivity index (χ3v) is 4.24. The Labute approximate surface area is 124 Å². The Balaban J connectivity index is 1.85. The maximum absolute atomic E-state index is 5.41. The monoisotopic (exact) mass is 278 g/mol. The fourth-order valence-corrected chi connectivity index (χ4v) is 3.26. The highest BCUT2D eigenvalue weighted by Gasteiger charge is 2.19. The summed E-state index contributed by atoms with van der Waals surface area (Å²) in [4.78, 5) is 4.87. The van der Waals surface area contributed by atoms with Gasteiger partial charge in [0.2, 0.25) is 0 Å². The van der Waals surface area contributed by atoms with Crippen molar-refractivity contribution in [2.75, 3.05) is 7.11 Å². The van der Waals surface area contributed by atoms with Crippen LogP contribution < -0.4 is 4.74 Å². The third-order valence-electron chi connectivity index (χ3n) is 4.24. The van der Waals surface area contributed by atoms with E-state index >= 15 is 0 Å². The van der Waals surface area contributed by atoms with Crippen LogP contribution in [0.25, 0.3) is 11.0 Å². The molecule has 21 heavy (non-hydrogen) atoms.